The smallest absolute Gasteiger partial charge is 0.320 e. The van der Waals surface area contributed by atoms with Crippen LogP contribution in [0.25, 0.3) is 0 Å². The predicted octanol–water partition coefficient (Wildman–Crippen LogP) is 1.14. The molecule has 6 heteroatoms. The Hall–Kier alpha value is -2.08. The maximum Gasteiger partial charge on any atom is 0.320 e. The first kappa shape index (κ1) is 17.3. The van der Waals surface area contributed by atoms with E-state index in [-0.39, 0.29) is 18.7 Å². The largest absolute Gasteiger partial charge is 0.480 e. The van der Waals surface area contributed by atoms with E-state index in [1.165, 1.54) is 16.8 Å². The Morgan fingerprint density at radius 2 is 1.87 bits per heavy atom. The molecule has 1 aromatic carbocycles. The first-order valence-corrected chi connectivity index (χ1v) is 7.97. The van der Waals surface area contributed by atoms with E-state index in [0.29, 0.717) is 13.1 Å². The SMILES string of the molecule is Cc1ccc(N2CCN(C(=O)CC[C@H](N)C(=O)O)CC2)c(C)c1. The van der Waals surface area contributed by atoms with Gasteiger partial charge in [-0.25, -0.2) is 0 Å². The average Bonchev–Trinajstić information content (AvgIpc) is 2.52. The molecule has 3 N–H and O–H groups in total. The minimum absolute atomic E-state index is 0.0121. The third-order valence-corrected chi connectivity index (χ3v) is 4.31. The number of benzene rings is 1. The second kappa shape index (κ2) is 7.46. The number of aliphatic carboxylic acids is 1. The molecule has 1 heterocycles. The van der Waals surface area contributed by atoms with E-state index in [9.17, 15) is 9.59 Å². The van der Waals surface area contributed by atoms with Crippen LogP contribution in [0.2, 0.25) is 0 Å². The van der Waals surface area contributed by atoms with Crippen molar-refractivity contribution in [2.24, 2.45) is 5.73 Å². The van der Waals surface area contributed by atoms with Gasteiger partial charge in [-0.1, -0.05) is 17.7 Å². The number of hydrogen-bond acceptors (Lipinski definition) is 4. The second-order valence-electron chi connectivity index (χ2n) is 6.14. The molecule has 1 atom stereocenters. The van der Waals surface area contributed by atoms with Gasteiger partial charge in [0.15, 0.2) is 0 Å². The Bertz CT molecular complexity index is 580. The average molecular weight is 319 g/mol. The molecule has 1 amide bonds. The van der Waals surface area contributed by atoms with E-state index < -0.39 is 12.0 Å². The van der Waals surface area contributed by atoms with Crippen molar-refractivity contribution >= 4 is 17.6 Å². The highest BCUT2D eigenvalue weighted by Crippen LogP contribution is 2.22. The van der Waals surface area contributed by atoms with Crippen LogP contribution in [-0.2, 0) is 9.59 Å². The molecule has 0 aromatic heterocycles. The fraction of sp³-hybridized carbons (Fsp3) is 0.529. The number of aryl methyl sites for hydroxylation is 2. The summed E-state index contributed by atoms with van der Waals surface area (Å²) in [4.78, 5) is 26.9. The monoisotopic (exact) mass is 319 g/mol. The molecule has 23 heavy (non-hydrogen) atoms. The maximum atomic E-state index is 12.1. The summed E-state index contributed by atoms with van der Waals surface area (Å²) >= 11 is 0. The summed E-state index contributed by atoms with van der Waals surface area (Å²) in [5.41, 5.74) is 9.15. The van der Waals surface area contributed by atoms with Crippen LogP contribution in [0.1, 0.15) is 24.0 Å². The third kappa shape index (κ3) is 4.45. The molecule has 1 saturated heterocycles. The molecule has 0 spiro atoms. The Morgan fingerprint density at radius 3 is 2.43 bits per heavy atom. The predicted molar refractivity (Wildman–Crippen MR) is 89.6 cm³/mol. The van der Waals surface area contributed by atoms with Gasteiger partial charge in [0.1, 0.15) is 6.04 Å². The number of rotatable bonds is 5. The van der Waals surface area contributed by atoms with Gasteiger partial charge in [-0.3, -0.25) is 9.59 Å². The number of carbonyl (C=O) groups excluding carboxylic acids is 1. The molecule has 0 unspecified atom stereocenters. The van der Waals surface area contributed by atoms with Crippen LogP contribution in [0.4, 0.5) is 5.69 Å². The highest BCUT2D eigenvalue weighted by molar-refractivity contribution is 5.78. The summed E-state index contributed by atoms with van der Waals surface area (Å²) in [5.74, 6) is -1.07. The van der Waals surface area contributed by atoms with Crippen LogP contribution in [0.5, 0.6) is 0 Å². The van der Waals surface area contributed by atoms with Gasteiger partial charge in [-0.2, -0.15) is 0 Å². The van der Waals surface area contributed by atoms with E-state index in [2.05, 4.69) is 36.9 Å². The minimum atomic E-state index is -1.06. The van der Waals surface area contributed by atoms with Crippen LogP contribution in [0.3, 0.4) is 0 Å². The van der Waals surface area contributed by atoms with Crippen molar-refractivity contribution in [3.63, 3.8) is 0 Å². The van der Waals surface area contributed by atoms with Crippen LogP contribution in [0, 0.1) is 13.8 Å². The first-order chi connectivity index (χ1) is 10.9. The Balaban J connectivity index is 1.86. The lowest BCUT2D eigenvalue weighted by Gasteiger charge is -2.37. The van der Waals surface area contributed by atoms with Gasteiger partial charge in [0, 0.05) is 38.3 Å². The molecule has 126 valence electrons. The number of nitrogens with zero attached hydrogens (tertiary/aromatic N) is 2. The lowest BCUT2D eigenvalue weighted by molar-refractivity contribution is -0.139. The van der Waals surface area contributed by atoms with Crippen LogP contribution in [-0.4, -0.2) is 54.1 Å². The van der Waals surface area contributed by atoms with Crippen molar-refractivity contribution in [1.29, 1.82) is 0 Å². The molecule has 2 rings (SSSR count). The standard InChI is InChI=1S/C17H25N3O3/c1-12-3-5-15(13(2)11-12)19-7-9-20(10-8-19)16(21)6-4-14(18)17(22)23/h3,5,11,14H,4,6-10,18H2,1-2H3,(H,22,23)/t14-/m0/s1. The summed E-state index contributed by atoms with van der Waals surface area (Å²) in [6.45, 7) is 7.09. The summed E-state index contributed by atoms with van der Waals surface area (Å²) in [5, 5.41) is 8.75. The van der Waals surface area contributed by atoms with Gasteiger partial charge in [0.2, 0.25) is 5.91 Å². The lowest BCUT2D eigenvalue weighted by Crippen LogP contribution is -2.49. The van der Waals surface area contributed by atoms with E-state index >= 15 is 0 Å². The van der Waals surface area contributed by atoms with Crippen LogP contribution < -0.4 is 10.6 Å². The molecule has 0 aliphatic carbocycles. The van der Waals surface area contributed by atoms with Crippen molar-refractivity contribution in [3.8, 4) is 0 Å². The zero-order valence-corrected chi connectivity index (χ0v) is 13.8. The minimum Gasteiger partial charge on any atom is -0.480 e. The van der Waals surface area contributed by atoms with Gasteiger partial charge in [-0.05, 0) is 31.9 Å². The highest BCUT2D eigenvalue weighted by atomic mass is 16.4. The second-order valence-corrected chi connectivity index (χ2v) is 6.14. The molecule has 6 nitrogen and oxygen atoms in total. The zero-order valence-electron chi connectivity index (χ0n) is 13.8. The fourth-order valence-corrected chi connectivity index (χ4v) is 2.92. The van der Waals surface area contributed by atoms with E-state index in [1.807, 2.05) is 0 Å². The first-order valence-electron chi connectivity index (χ1n) is 7.97. The lowest BCUT2D eigenvalue weighted by atomic mass is 10.1. The molecule has 1 aliphatic heterocycles. The number of anilines is 1. The highest BCUT2D eigenvalue weighted by Gasteiger charge is 2.23. The van der Waals surface area contributed by atoms with Crippen LogP contribution >= 0.6 is 0 Å². The molecule has 1 aromatic rings. The molecule has 1 aliphatic rings. The van der Waals surface area contributed by atoms with Crippen molar-refractivity contribution in [2.45, 2.75) is 32.7 Å². The Morgan fingerprint density at radius 1 is 1.22 bits per heavy atom. The third-order valence-electron chi connectivity index (χ3n) is 4.31. The number of carbonyl (C=O) groups is 2. The van der Waals surface area contributed by atoms with E-state index in [4.69, 9.17) is 10.8 Å². The number of hydrogen-bond donors (Lipinski definition) is 2. The molecular formula is C17H25N3O3. The summed E-state index contributed by atoms with van der Waals surface area (Å²) < 4.78 is 0. The van der Waals surface area contributed by atoms with Crippen molar-refractivity contribution in [3.05, 3.63) is 29.3 Å². The number of carboxylic acids is 1. The Kier molecular flexibility index (Phi) is 5.60. The van der Waals surface area contributed by atoms with E-state index in [0.717, 1.165) is 13.1 Å². The maximum absolute atomic E-state index is 12.1. The van der Waals surface area contributed by atoms with Gasteiger partial charge >= 0.3 is 5.97 Å². The van der Waals surface area contributed by atoms with Gasteiger partial charge in [0.25, 0.3) is 0 Å². The van der Waals surface area contributed by atoms with E-state index in [1.54, 1.807) is 4.90 Å². The molecule has 0 bridgehead atoms. The number of carboxylic acid groups (broad SMARTS) is 1. The molecule has 0 radical (unpaired) electrons. The molecular weight excluding hydrogens is 294 g/mol. The molecule has 0 saturated carbocycles. The van der Waals surface area contributed by atoms with Crippen molar-refractivity contribution in [2.75, 3.05) is 31.1 Å². The number of amides is 1. The summed E-state index contributed by atoms with van der Waals surface area (Å²) in [7, 11) is 0. The number of nitrogens with two attached hydrogens (primary N) is 1. The van der Waals surface area contributed by atoms with Gasteiger partial charge in [-0.15, -0.1) is 0 Å². The van der Waals surface area contributed by atoms with Crippen LogP contribution in [0.15, 0.2) is 18.2 Å². The van der Waals surface area contributed by atoms with Gasteiger partial charge < -0.3 is 20.6 Å². The fourth-order valence-electron chi connectivity index (χ4n) is 2.92. The Labute approximate surface area is 136 Å². The van der Waals surface area contributed by atoms with Crippen molar-refractivity contribution < 1.29 is 14.7 Å². The molecule has 1 fully saturated rings. The van der Waals surface area contributed by atoms with Gasteiger partial charge in [0.05, 0.1) is 0 Å². The number of piperazine rings is 1. The summed E-state index contributed by atoms with van der Waals surface area (Å²) in [6.07, 6.45) is 0.377. The quantitative estimate of drug-likeness (QED) is 0.850. The topological polar surface area (TPSA) is 86.9 Å². The zero-order chi connectivity index (χ0) is 17.0. The van der Waals surface area contributed by atoms with Crippen molar-refractivity contribution in [1.82, 2.24) is 4.90 Å². The normalized spacial score (nSPS) is 16.3. The summed E-state index contributed by atoms with van der Waals surface area (Å²) in [6, 6.07) is 5.44.